The second-order valence-electron chi connectivity index (χ2n) is 10.5. The maximum atomic E-state index is 13.6. The van der Waals surface area contributed by atoms with E-state index >= 15 is 0 Å². The Hall–Kier alpha value is -3.28. The molecule has 0 unspecified atom stereocenters. The van der Waals surface area contributed by atoms with Crippen LogP contribution >= 0.6 is 0 Å². The molecule has 0 fully saturated rings. The van der Waals surface area contributed by atoms with Gasteiger partial charge in [0, 0.05) is 19.0 Å². The molecule has 3 aromatic rings. The highest BCUT2D eigenvalue weighted by molar-refractivity contribution is 7.89. The Balaban J connectivity index is 1.53. The van der Waals surface area contributed by atoms with E-state index in [-0.39, 0.29) is 12.5 Å². The summed E-state index contributed by atoms with van der Waals surface area (Å²) in [5.41, 5.74) is 2.47. The van der Waals surface area contributed by atoms with Gasteiger partial charge in [-0.25, -0.2) is 17.5 Å². The third kappa shape index (κ3) is 8.15. The first-order valence-corrected chi connectivity index (χ1v) is 14.9. The fraction of sp³-hybridized carbons (Fsp3) is 0.367. The van der Waals surface area contributed by atoms with Crippen molar-refractivity contribution < 1.29 is 30.8 Å². The normalized spacial score (nSPS) is 16.3. The summed E-state index contributed by atoms with van der Waals surface area (Å²) in [5.74, 6) is -1.01. The fourth-order valence-electron chi connectivity index (χ4n) is 4.91. The fourth-order valence-corrected chi connectivity index (χ4v) is 6.18. The van der Waals surface area contributed by atoms with Gasteiger partial charge in [-0.05, 0) is 71.8 Å². The molecule has 6 nitrogen and oxygen atoms in total. The molecular weight excluding hydrogens is 558 g/mol. The van der Waals surface area contributed by atoms with Crippen molar-refractivity contribution >= 4 is 15.9 Å². The smallest absolute Gasteiger partial charge is 0.349 e. The molecule has 1 amide bonds. The number of hydrogen-bond acceptors (Lipinski definition) is 4. The van der Waals surface area contributed by atoms with Gasteiger partial charge >= 0.3 is 6.18 Å². The van der Waals surface area contributed by atoms with Crippen LogP contribution in [0.4, 0.5) is 17.6 Å². The zero-order valence-corrected chi connectivity index (χ0v) is 23.6. The van der Waals surface area contributed by atoms with Crippen LogP contribution in [0.3, 0.4) is 0 Å². The van der Waals surface area contributed by atoms with Crippen molar-refractivity contribution in [2.24, 2.45) is 0 Å². The lowest BCUT2D eigenvalue weighted by Gasteiger charge is -2.28. The van der Waals surface area contributed by atoms with Crippen LogP contribution in [0, 0.1) is 5.82 Å². The van der Waals surface area contributed by atoms with Crippen molar-refractivity contribution in [1.29, 1.82) is 0 Å². The van der Waals surface area contributed by atoms with E-state index in [2.05, 4.69) is 35.3 Å². The molecule has 1 aliphatic carbocycles. The molecule has 220 valence electrons. The predicted octanol–water partition coefficient (Wildman–Crippen LogP) is 5.95. The third-order valence-electron chi connectivity index (χ3n) is 7.00. The Morgan fingerprint density at radius 1 is 1.02 bits per heavy atom. The first-order valence-electron chi connectivity index (χ1n) is 13.4. The van der Waals surface area contributed by atoms with Crippen LogP contribution in [0.15, 0.2) is 71.6 Å². The molecule has 11 heteroatoms. The van der Waals surface area contributed by atoms with E-state index in [1.54, 1.807) is 0 Å². The van der Waals surface area contributed by atoms with Gasteiger partial charge in [-0.15, -0.1) is 0 Å². The minimum absolute atomic E-state index is 0.271. The summed E-state index contributed by atoms with van der Waals surface area (Å²) >= 11 is 0. The molecule has 0 heterocycles. The zero-order valence-electron chi connectivity index (χ0n) is 22.8. The third-order valence-corrected chi connectivity index (χ3v) is 8.47. The summed E-state index contributed by atoms with van der Waals surface area (Å²) in [7, 11) is -4.47. The van der Waals surface area contributed by atoms with Gasteiger partial charge in [-0.2, -0.15) is 13.2 Å². The Labute approximate surface area is 237 Å². The lowest BCUT2D eigenvalue weighted by molar-refractivity contribution is -0.137. The van der Waals surface area contributed by atoms with Crippen LogP contribution in [0.5, 0.6) is 0 Å². The SMILES string of the molecule is CC(C)NCc1ccc2c(c1)CCC[C@H]2NC(=O)C[C@@H](NS(=O)(=O)c1cccc(C(F)(F)F)c1)c1ccc(F)cc1. The number of fused-ring (bicyclic) bond motifs is 1. The van der Waals surface area contributed by atoms with Crippen LogP contribution < -0.4 is 15.4 Å². The Kier molecular flexibility index (Phi) is 9.51. The molecule has 0 spiro atoms. The lowest BCUT2D eigenvalue weighted by Crippen LogP contribution is -2.36. The van der Waals surface area contributed by atoms with Gasteiger partial charge in [-0.3, -0.25) is 4.79 Å². The van der Waals surface area contributed by atoms with Crippen molar-refractivity contribution in [3.05, 3.63) is 100 Å². The maximum Gasteiger partial charge on any atom is 0.416 e. The summed E-state index contributed by atoms with van der Waals surface area (Å²) in [6.45, 7) is 4.87. The molecule has 0 saturated carbocycles. The minimum atomic E-state index is -4.73. The Morgan fingerprint density at radius 2 is 1.76 bits per heavy atom. The number of halogens is 4. The Morgan fingerprint density at radius 3 is 2.44 bits per heavy atom. The van der Waals surface area contributed by atoms with E-state index in [1.165, 1.54) is 12.1 Å². The number of carbonyl (C=O) groups excluding carboxylic acids is 1. The zero-order chi connectivity index (χ0) is 29.8. The summed E-state index contributed by atoms with van der Waals surface area (Å²) in [6, 6.07) is 13.4. The van der Waals surface area contributed by atoms with Gasteiger partial charge in [0.25, 0.3) is 0 Å². The molecule has 3 N–H and O–H groups in total. The summed E-state index contributed by atoms with van der Waals surface area (Å²) in [5, 5.41) is 6.39. The van der Waals surface area contributed by atoms with Gasteiger partial charge in [0.2, 0.25) is 15.9 Å². The highest BCUT2D eigenvalue weighted by Gasteiger charge is 2.33. The summed E-state index contributed by atoms with van der Waals surface area (Å²) in [6.07, 6.45) is -2.62. The number of nitrogens with one attached hydrogen (secondary N) is 3. The van der Waals surface area contributed by atoms with Crippen LogP contribution in [0.1, 0.15) is 73.0 Å². The van der Waals surface area contributed by atoms with E-state index in [4.69, 9.17) is 0 Å². The van der Waals surface area contributed by atoms with Crippen molar-refractivity contribution in [1.82, 2.24) is 15.4 Å². The first-order chi connectivity index (χ1) is 19.3. The quantitative estimate of drug-likeness (QED) is 0.255. The molecule has 0 bridgehead atoms. The molecule has 1 aliphatic rings. The van der Waals surface area contributed by atoms with Gasteiger partial charge in [-0.1, -0.05) is 50.2 Å². The molecule has 0 saturated heterocycles. The minimum Gasteiger partial charge on any atom is -0.349 e. The van der Waals surface area contributed by atoms with Crippen LogP contribution in [-0.4, -0.2) is 20.4 Å². The number of alkyl halides is 3. The number of benzene rings is 3. The molecule has 3 aromatic carbocycles. The van der Waals surface area contributed by atoms with E-state index in [1.807, 2.05) is 12.1 Å². The topological polar surface area (TPSA) is 87.3 Å². The molecular formula is C30H33F4N3O3S. The first kappa shape index (κ1) is 30.7. The van der Waals surface area contributed by atoms with E-state index in [0.717, 1.165) is 66.4 Å². The number of carbonyl (C=O) groups is 1. The van der Waals surface area contributed by atoms with Crippen molar-refractivity contribution in [3.63, 3.8) is 0 Å². The second-order valence-corrected chi connectivity index (χ2v) is 12.3. The number of amides is 1. The summed E-state index contributed by atoms with van der Waals surface area (Å²) < 4.78 is 81.9. The number of rotatable bonds is 10. The predicted molar refractivity (Wildman–Crippen MR) is 148 cm³/mol. The average molecular weight is 592 g/mol. The highest BCUT2D eigenvalue weighted by Crippen LogP contribution is 2.32. The van der Waals surface area contributed by atoms with Crippen LogP contribution in [-0.2, 0) is 34.0 Å². The number of hydrogen-bond donors (Lipinski definition) is 3. The molecule has 41 heavy (non-hydrogen) atoms. The van der Waals surface area contributed by atoms with Crippen molar-refractivity contribution in [2.75, 3.05) is 0 Å². The Bertz CT molecular complexity index is 1480. The average Bonchev–Trinajstić information content (AvgIpc) is 2.91. The molecule has 0 radical (unpaired) electrons. The van der Waals surface area contributed by atoms with Gasteiger partial charge < -0.3 is 10.6 Å². The van der Waals surface area contributed by atoms with E-state index < -0.39 is 44.4 Å². The standard InChI is InChI=1S/C30H33F4N3O3S/c1-19(2)35-18-20-9-14-26-22(15-20)5-3-8-27(26)36-29(38)17-28(21-10-12-24(31)13-11-21)37-41(39,40)25-7-4-6-23(16-25)30(32,33)34/h4,6-7,9-16,19,27-28,35,37H,3,5,8,17-18H2,1-2H3,(H,36,38)/t27-,28-/m1/s1. The lowest BCUT2D eigenvalue weighted by atomic mass is 9.86. The molecule has 0 aromatic heterocycles. The van der Waals surface area contributed by atoms with Crippen LogP contribution in [0.25, 0.3) is 0 Å². The monoisotopic (exact) mass is 591 g/mol. The number of aryl methyl sites for hydroxylation is 1. The van der Waals surface area contributed by atoms with Crippen molar-refractivity contribution in [3.8, 4) is 0 Å². The molecule has 0 aliphatic heterocycles. The van der Waals surface area contributed by atoms with Crippen LogP contribution in [0.2, 0.25) is 0 Å². The second kappa shape index (κ2) is 12.7. The highest BCUT2D eigenvalue weighted by atomic mass is 32.2. The largest absolute Gasteiger partial charge is 0.416 e. The summed E-state index contributed by atoms with van der Waals surface area (Å²) in [4.78, 5) is 12.7. The van der Waals surface area contributed by atoms with E-state index in [9.17, 15) is 30.8 Å². The molecule has 4 rings (SSSR count). The van der Waals surface area contributed by atoms with Gasteiger partial charge in [0.05, 0.1) is 22.5 Å². The number of sulfonamides is 1. The molecule has 2 atom stereocenters. The maximum absolute atomic E-state index is 13.6. The van der Waals surface area contributed by atoms with E-state index in [0.29, 0.717) is 24.1 Å². The van der Waals surface area contributed by atoms with Gasteiger partial charge in [0.15, 0.2) is 0 Å². The van der Waals surface area contributed by atoms with Gasteiger partial charge in [0.1, 0.15) is 5.82 Å². The van der Waals surface area contributed by atoms with Crippen molar-refractivity contribution in [2.45, 2.75) is 75.3 Å².